The normalized spacial score (nSPS) is 11.0. The zero-order valence-corrected chi connectivity index (χ0v) is 13.8. The van der Waals surface area contributed by atoms with Crippen molar-refractivity contribution in [3.63, 3.8) is 0 Å². The number of aryl methyl sites for hydroxylation is 1. The molecule has 0 spiro atoms. The van der Waals surface area contributed by atoms with Crippen LogP contribution < -0.4 is 4.74 Å². The van der Waals surface area contributed by atoms with E-state index in [1.54, 1.807) is 23.5 Å². The van der Waals surface area contributed by atoms with Crippen LogP contribution in [0.15, 0.2) is 47.8 Å². The molecule has 3 rings (SSSR count). The van der Waals surface area contributed by atoms with Gasteiger partial charge in [0, 0.05) is 10.9 Å². The summed E-state index contributed by atoms with van der Waals surface area (Å²) >= 11 is 1.60. The molecule has 0 fully saturated rings. The molecular weight excluding hydrogens is 306 g/mol. The van der Waals surface area contributed by atoms with Crippen LogP contribution in [0.4, 0.5) is 0 Å². The smallest absolute Gasteiger partial charge is 0.161 e. The van der Waals surface area contributed by atoms with Crippen molar-refractivity contribution in [3.05, 3.63) is 64.0 Å². The van der Waals surface area contributed by atoms with Gasteiger partial charge in [-0.25, -0.2) is 4.98 Å². The third-order valence-electron chi connectivity index (χ3n) is 3.49. The molecule has 0 atom stereocenters. The van der Waals surface area contributed by atoms with E-state index in [1.807, 2.05) is 18.2 Å². The number of rotatable bonds is 4. The van der Waals surface area contributed by atoms with Gasteiger partial charge in [-0.3, -0.25) is 0 Å². The zero-order chi connectivity index (χ0) is 16.2. The largest absolute Gasteiger partial charge is 0.504 e. The maximum Gasteiger partial charge on any atom is 0.161 e. The number of methoxy groups -OCH3 is 1. The number of thiazole rings is 1. The fourth-order valence-corrected chi connectivity index (χ4v) is 2.91. The lowest BCUT2D eigenvalue weighted by atomic mass is 10.1. The summed E-state index contributed by atoms with van der Waals surface area (Å²) in [5, 5.41) is 12.6. The molecule has 0 bridgehead atoms. The van der Waals surface area contributed by atoms with Crippen LogP contribution in [-0.4, -0.2) is 17.2 Å². The van der Waals surface area contributed by atoms with Crippen LogP contribution in [0, 0.1) is 6.92 Å². The molecule has 0 amide bonds. The molecule has 0 radical (unpaired) electrons. The summed E-state index contributed by atoms with van der Waals surface area (Å²) in [4.78, 5) is 4.64. The van der Waals surface area contributed by atoms with Gasteiger partial charge in [0.25, 0.3) is 0 Å². The standard InChI is InChI=1S/C19H17NO2S/c1-13-3-7-15(8-4-13)16-12-23-19(20-16)10-6-14-5-9-17(21)18(11-14)22-2/h3-12,21H,1-2H3/b10-6+. The molecule has 2 aromatic carbocycles. The van der Waals surface area contributed by atoms with E-state index in [-0.39, 0.29) is 5.75 Å². The van der Waals surface area contributed by atoms with E-state index in [2.05, 4.69) is 41.6 Å². The van der Waals surface area contributed by atoms with Crippen molar-refractivity contribution in [2.24, 2.45) is 0 Å². The van der Waals surface area contributed by atoms with Crippen molar-refractivity contribution < 1.29 is 9.84 Å². The molecule has 0 saturated heterocycles. The Balaban J connectivity index is 1.80. The molecule has 116 valence electrons. The van der Waals surface area contributed by atoms with Crippen LogP contribution >= 0.6 is 11.3 Å². The molecule has 1 aromatic heterocycles. The van der Waals surface area contributed by atoms with Crippen LogP contribution in [0.1, 0.15) is 16.1 Å². The number of phenols is 1. The zero-order valence-electron chi connectivity index (χ0n) is 13.0. The number of aromatic hydroxyl groups is 1. The Hall–Kier alpha value is -2.59. The van der Waals surface area contributed by atoms with Crippen LogP contribution in [-0.2, 0) is 0 Å². The van der Waals surface area contributed by atoms with Crippen LogP contribution in [0.5, 0.6) is 11.5 Å². The molecule has 3 aromatic rings. The highest BCUT2D eigenvalue weighted by Crippen LogP contribution is 2.28. The number of hydrogen-bond acceptors (Lipinski definition) is 4. The maximum atomic E-state index is 9.61. The summed E-state index contributed by atoms with van der Waals surface area (Å²) in [6.07, 6.45) is 3.92. The highest BCUT2D eigenvalue weighted by atomic mass is 32.1. The predicted octanol–water partition coefficient (Wildman–Crippen LogP) is 5.00. The molecule has 1 heterocycles. The number of ether oxygens (including phenoxy) is 1. The molecule has 23 heavy (non-hydrogen) atoms. The first-order valence-corrected chi connectivity index (χ1v) is 8.11. The molecule has 0 unspecified atom stereocenters. The fourth-order valence-electron chi connectivity index (χ4n) is 2.19. The number of phenolic OH excluding ortho intramolecular Hbond substituents is 1. The Morgan fingerprint density at radius 3 is 2.61 bits per heavy atom. The first-order chi connectivity index (χ1) is 11.2. The monoisotopic (exact) mass is 323 g/mol. The Morgan fingerprint density at radius 1 is 1.09 bits per heavy atom. The van der Waals surface area contributed by atoms with Crippen molar-refractivity contribution in [3.8, 4) is 22.8 Å². The molecule has 0 aliphatic heterocycles. The molecular formula is C19H17NO2S. The highest BCUT2D eigenvalue weighted by Gasteiger charge is 2.03. The van der Waals surface area contributed by atoms with Gasteiger partial charge in [0.15, 0.2) is 11.5 Å². The van der Waals surface area contributed by atoms with Crippen molar-refractivity contribution in [1.82, 2.24) is 4.98 Å². The van der Waals surface area contributed by atoms with Crippen LogP contribution in [0.25, 0.3) is 23.4 Å². The Kier molecular flexibility index (Phi) is 4.44. The fraction of sp³-hybridized carbons (Fsp3) is 0.105. The van der Waals surface area contributed by atoms with Gasteiger partial charge in [-0.15, -0.1) is 11.3 Å². The summed E-state index contributed by atoms with van der Waals surface area (Å²) in [7, 11) is 1.54. The van der Waals surface area contributed by atoms with Gasteiger partial charge in [-0.05, 0) is 30.7 Å². The predicted molar refractivity (Wildman–Crippen MR) is 95.9 cm³/mol. The highest BCUT2D eigenvalue weighted by molar-refractivity contribution is 7.10. The van der Waals surface area contributed by atoms with E-state index in [0.29, 0.717) is 5.75 Å². The summed E-state index contributed by atoms with van der Waals surface area (Å²) in [6.45, 7) is 2.07. The topological polar surface area (TPSA) is 42.4 Å². The van der Waals surface area contributed by atoms with Gasteiger partial charge in [-0.2, -0.15) is 0 Å². The number of hydrogen-bond donors (Lipinski definition) is 1. The third-order valence-corrected chi connectivity index (χ3v) is 4.30. The molecule has 0 aliphatic rings. The minimum Gasteiger partial charge on any atom is -0.504 e. The van der Waals surface area contributed by atoms with Crippen molar-refractivity contribution in [2.45, 2.75) is 6.92 Å². The quantitative estimate of drug-likeness (QED) is 0.734. The number of aromatic nitrogens is 1. The lowest BCUT2D eigenvalue weighted by Gasteiger charge is -2.03. The van der Waals surface area contributed by atoms with Gasteiger partial charge in [0.2, 0.25) is 0 Å². The van der Waals surface area contributed by atoms with Gasteiger partial charge < -0.3 is 9.84 Å². The van der Waals surface area contributed by atoms with Gasteiger partial charge >= 0.3 is 0 Å². The molecule has 3 nitrogen and oxygen atoms in total. The maximum absolute atomic E-state index is 9.61. The van der Waals surface area contributed by atoms with E-state index in [4.69, 9.17) is 4.74 Å². The van der Waals surface area contributed by atoms with Gasteiger partial charge in [-0.1, -0.05) is 42.0 Å². The Bertz CT molecular complexity index is 835. The van der Waals surface area contributed by atoms with E-state index in [1.165, 1.54) is 12.7 Å². The molecule has 1 N–H and O–H groups in total. The lowest BCUT2D eigenvalue weighted by Crippen LogP contribution is -1.84. The summed E-state index contributed by atoms with van der Waals surface area (Å²) < 4.78 is 5.11. The first-order valence-electron chi connectivity index (χ1n) is 7.23. The molecule has 0 saturated carbocycles. The minimum atomic E-state index is 0.139. The van der Waals surface area contributed by atoms with Gasteiger partial charge in [0.05, 0.1) is 12.8 Å². The second-order valence-electron chi connectivity index (χ2n) is 5.20. The third kappa shape index (κ3) is 3.60. The Morgan fingerprint density at radius 2 is 1.87 bits per heavy atom. The summed E-state index contributed by atoms with van der Waals surface area (Å²) in [6, 6.07) is 13.6. The first kappa shape index (κ1) is 15.3. The van der Waals surface area contributed by atoms with Gasteiger partial charge in [0.1, 0.15) is 5.01 Å². The average Bonchev–Trinajstić information content (AvgIpc) is 3.04. The summed E-state index contributed by atoms with van der Waals surface area (Å²) in [5.74, 6) is 0.604. The molecule has 4 heteroatoms. The van der Waals surface area contributed by atoms with E-state index < -0.39 is 0 Å². The SMILES string of the molecule is COc1cc(/C=C/c2nc(-c3ccc(C)cc3)cs2)ccc1O. The number of benzene rings is 2. The van der Waals surface area contributed by atoms with E-state index >= 15 is 0 Å². The minimum absolute atomic E-state index is 0.139. The van der Waals surface area contributed by atoms with Crippen molar-refractivity contribution in [2.75, 3.05) is 7.11 Å². The van der Waals surface area contributed by atoms with E-state index in [9.17, 15) is 5.11 Å². The van der Waals surface area contributed by atoms with E-state index in [0.717, 1.165) is 21.8 Å². The van der Waals surface area contributed by atoms with Crippen LogP contribution in [0.3, 0.4) is 0 Å². The lowest BCUT2D eigenvalue weighted by molar-refractivity contribution is 0.373. The summed E-state index contributed by atoms with van der Waals surface area (Å²) in [5.41, 5.74) is 4.30. The van der Waals surface area contributed by atoms with Crippen LogP contribution in [0.2, 0.25) is 0 Å². The number of nitrogens with zero attached hydrogens (tertiary/aromatic N) is 1. The Labute approximate surface area is 139 Å². The van der Waals surface area contributed by atoms with Crippen molar-refractivity contribution >= 4 is 23.5 Å². The van der Waals surface area contributed by atoms with Crippen molar-refractivity contribution in [1.29, 1.82) is 0 Å². The second-order valence-corrected chi connectivity index (χ2v) is 6.09. The molecule has 0 aliphatic carbocycles. The second kappa shape index (κ2) is 6.67. The average molecular weight is 323 g/mol.